The monoisotopic (exact) mass is 399 g/mol. The Morgan fingerprint density at radius 1 is 1.32 bits per heavy atom. The molecule has 0 aromatic heterocycles. The predicted molar refractivity (Wildman–Crippen MR) is 101 cm³/mol. The Bertz CT molecular complexity index is 700. The lowest BCUT2D eigenvalue weighted by Gasteiger charge is -2.21. The molecule has 0 saturated carbocycles. The number of aliphatic imine (C=N–C) groups is 1. The van der Waals surface area contributed by atoms with E-state index in [-0.39, 0.29) is 29.3 Å². The Kier molecular flexibility index (Phi) is 7.83. The number of rotatable bonds is 7. The molecule has 7 nitrogen and oxygen atoms in total. The average molecular weight is 399 g/mol. The first-order valence-electron chi connectivity index (χ1n) is 9.04. The number of guanidine groups is 1. The minimum Gasteiger partial charge on any atom is -0.493 e. The van der Waals surface area contributed by atoms with E-state index in [2.05, 4.69) is 15.0 Å². The van der Waals surface area contributed by atoms with Crippen LogP contribution < -0.4 is 14.8 Å². The van der Waals surface area contributed by atoms with E-state index in [1.807, 2.05) is 11.8 Å². The van der Waals surface area contributed by atoms with Gasteiger partial charge in [0.05, 0.1) is 20.1 Å². The van der Waals surface area contributed by atoms with Crippen LogP contribution in [0.15, 0.2) is 23.2 Å². The van der Waals surface area contributed by atoms with Crippen molar-refractivity contribution >= 4 is 11.9 Å². The summed E-state index contributed by atoms with van der Waals surface area (Å²) in [6, 6.07) is 4.94. The Morgan fingerprint density at radius 2 is 2.07 bits per heavy atom. The van der Waals surface area contributed by atoms with E-state index in [0.29, 0.717) is 32.0 Å². The highest BCUT2D eigenvalue weighted by atomic mass is 19.3. The molecule has 1 aliphatic heterocycles. The SMILES string of the molecule is CN=C(NCCc1ccc(OC)c(OC(F)F)c1)N1CC(C)C(C(=O)OC)C1. The van der Waals surface area contributed by atoms with Crippen LogP contribution in [0.5, 0.6) is 11.5 Å². The number of likely N-dealkylation sites (tertiary alicyclic amines) is 1. The van der Waals surface area contributed by atoms with Gasteiger partial charge in [0.15, 0.2) is 17.5 Å². The molecule has 0 spiro atoms. The van der Waals surface area contributed by atoms with Crippen LogP contribution >= 0.6 is 0 Å². The Balaban J connectivity index is 1.94. The number of hydrogen-bond acceptors (Lipinski definition) is 5. The molecule has 28 heavy (non-hydrogen) atoms. The molecular formula is C19H27F2N3O4. The van der Waals surface area contributed by atoms with Gasteiger partial charge in [0.1, 0.15) is 0 Å². The lowest BCUT2D eigenvalue weighted by molar-refractivity contribution is -0.146. The third kappa shape index (κ3) is 5.46. The fraction of sp³-hybridized carbons (Fsp3) is 0.579. The van der Waals surface area contributed by atoms with Gasteiger partial charge in [-0.3, -0.25) is 9.79 Å². The van der Waals surface area contributed by atoms with Gasteiger partial charge in [-0.25, -0.2) is 0 Å². The number of benzene rings is 1. The second-order valence-corrected chi connectivity index (χ2v) is 6.60. The van der Waals surface area contributed by atoms with Gasteiger partial charge in [0, 0.05) is 26.7 Å². The van der Waals surface area contributed by atoms with E-state index in [1.54, 1.807) is 25.2 Å². The number of alkyl halides is 2. The van der Waals surface area contributed by atoms with E-state index in [4.69, 9.17) is 9.47 Å². The maximum absolute atomic E-state index is 12.5. The van der Waals surface area contributed by atoms with Gasteiger partial charge in [-0.05, 0) is 30.0 Å². The lowest BCUT2D eigenvalue weighted by Crippen LogP contribution is -2.41. The molecule has 9 heteroatoms. The maximum Gasteiger partial charge on any atom is 0.387 e. The Morgan fingerprint density at radius 3 is 2.68 bits per heavy atom. The largest absolute Gasteiger partial charge is 0.493 e. The summed E-state index contributed by atoms with van der Waals surface area (Å²) in [5.74, 6) is 0.730. The average Bonchev–Trinajstić information content (AvgIpc) is 3.05. The molecule has 1 aromatic carbocycles. The molecule has 1 fully saturated rings. The second kappa shape index (κ2) is 10.1. The molecule has 0 radical (unpaired) electrons. The van der Waals surface area contributed by atoms with Crippen LogP contribution in [0.2, 0.25) is 0 Å². The summed E-state index contributed by atoms with van der Waals surface area (Å²) in [5.41, 5.74) is 0.821. The number of esters is 1. The second-order valence-electron chi connectivity index (χ2n) is 6.60. The molecule has 0 bridgehead atoms. The number of carbonyl (C=O) groups excluding carboxylic acids is 1. The first-order valence-corrected chi connectivity index (χ1v) is 9.04. The van der Waals surface area contributed by atoms with Crippen LogP contribution in [0.4, 0.5) is 8.78 Å². The van der Waals surface area contributed by atoms with Crippen molar-refractivity contribution in [3.8, 4) is 11.5 Å². The van der Waals surface area contributed by atoms with Gasteiger partial charge in [-0.1, -0.05) is 13.0 Å². The van der Waals surface area contributed by atoms with Crippen LogP contribution in [0.1, 0.15) is 12.5 Å². The minimum absolute atomic E-state index is 0.00803. The van der Waals surface area contributed by atoms with Crippen molar-refractivity contribution in [1.29, 1.82) is 0 Å². The quantitative estimate of drug-likeness (QED) is 0.430. The highest BCUT2D eigenvalue weighted by Crippen LogP contribution is 2.29. The van der Waals surface area contributed by atoms with Crippen molar-refractivity contribution in [2.75, 3.05) is 40.9 Å². The Hall–Kier alpha value is -2.58. The maximum atomic E-state index is 12.5. The van der Waals surface area contributed by atoms with Gasteiger partial charge < -0.3 is 24.4 Å². The molecule has 1 aromatic rings. The number of nitrogens with one attached hydrogen (secondary N) is 1. The van der Waals surface area contributed by atoms with Gasteiger partial charge in [0.2, 0.25) is 0 Å². The molecule has 0 amide bonds. The van der Waals surface area contributed by atoms with Crippen molar-refractivity contribution in [3.05, 3.63) is 23.8 Å². The summed E-state index contributed by atoms with van der Waals surface area (Å²) in [6.07, 6.45) is 0.576. The number of ether oxygens (including phenoxy) is 3. The van der Waals surface area contributed by atoms with Crippen molar-refractivity contribution < 1.29 is 27.8 Å². The van der Waals surface area contributed by atoms with Crippen molar-refractivity contribution in [1.82, 2.24) is 10.2 Å². The summed E-state index contributed by atoms with van der Waals surface area (Å²) in [4.78, 5) is 18.2. The zero-order valence-corrected chi connectivity index (χ0v) is 16.6. The van der Waals surface area contributed by atoms with Crippen LogP contribution in [0.25, 0.3) is 0 Å². The van der Waals surface area contributed by atoms with E-state index >= 15 is 0 Å². The molecule has 1 aliphatic rings. The standard InChI is InChI=1S/C19H27F2N3O4/c1-12-10-24(11-14(12)17(25)27-4)19(22-2)23-8-7-13-5-6-15(26-3)16(9-13)28-18(20)21/h5-6,9,12,14,18H,7-8,10-11H2,1-4H3,(H,22,23). The summed E-state index contributed by atoms with van der Waals surface area (Å²) in [7, 11) is 4.48. The third-order valence-corrected chi connectivity index (χ3v) is 4.77. The van der Waals surface area contributed by atoms with Gasteiger partial charge in [0.25, 0.3) is 0 Å². The highest BCUT2D eigenvalue weighted by molar-refractivity contribution is 5.82. The minimum atomic E-state index is -2.92. The summed E-state index contributed by atoms with van der Waals surface area (Å²) in [6.45, 7) is 0.884. The van der Waals surface area contributed by atoms with Crippen LogP contribution in [-0.2, 0) is 16.0 Å². The lowest BCUT2D eigenvalue weighted by atomic mass is 9.99. The normalized spacial score (nSPS) is 19.7. The third-order valence-electron chi connectivity index (χ3n) is 4.77. The Labute approximate surface area is 163 Å². The fourth-order valence-electron chi connectivity index (χ4n) is 3.31. The van der Waals surface area contributed by atoms with Gasteiger partial charge >= 0.3 is 12.6 Å². The first-order chi connectivity index (χ1) is 13.4. The van der Waals surface area contributed by atoms with Gasteiger partial charge in [-0.2, -0.15) is 8.78 Å². The molecule has 156 valence electrons. The van der Waals surface area contributed by atoms with Crippen molar-refractivity contribution in [3.63, 3.8) is 0 Å². The molecule has 1 heterocycles. The van der Waals surface area contributed by atoms with E-state index in [9.17, 15) is 13.6 Å². The molecule has 0 aliphatic carbocycles. The number of carbonyl (C=O) groups is 1. The van der Waals surface area contributed by atoms with Crippen LogP contribution in [-0.4, -0.2) is 64.3 Å². The number of halogens is 2. The van der Waals surface area contributed by atoms with Crippen LogP contribution in [0, 0.1) is 11.8 Å². The molecule has 1 N–H and O–H groups in total. The number of hydrogen-bond donors (Lipinski definition) is 1. The number of methoxy groups -OCH3 is 2. The summed E-state index contributed by atoms with van der Waals surface area (Å²) in [5, 5.41) is 3.25. The first kappa shape index (κ1) is 21.7. The van der Waals surface area contributed by atoms with Crippen LogP contribution in [0.3, 0.4) is 0 Å². The summed E-state index contributed by atoms with van der Waals surface area (Å²) >= 11 is 0. The van der Waals surface area contributed by atoms with Gasteiger partial charge in [-0.15, -0.1) is 0 Å². The molecule has 1 saturated heterocycles. The molecule has 2 atom stereocenters. The zero-order valence-electron chi connectivity index (χ0n) is 16.6. The molecule has 2 rings (SSSR count). The zero-order chi connectivity index (χ0) is 20.7. The van der Waals surface area contributed by atoms with Crippen molar-refractivity contribution in [2.24, 2.45) is 16.8 Å². The highest BCUT2D eigenvalue weighted by Gasteiger charge is 2.36. The topological polar surface area (TPSA) is 72.4 Å². The van der Waals surface area contributed by atoms with E-state index in [0.717, 1.165) is 5.56 Å². The molecular weight excluding hydrogens is 372 g/mol. The summed E-state index contributed by atoms with van der Waals surface area (Å²) < 4.78 is 39.5. The predicted octanol–water partition coefficient (Wildman–Crippen LogP) is 2.16. The smallest absolute Gasteiger partial charge is 0.387 e. The van der Waals surface area contributed by atoms with Crippen molar-refractivity contribution in [2.45, 2.75) is 20.0 Å². The molecule has 2 unspecified atom stereocenters. The fourth-order valence-corrected chi connectivity index (χ4v) is 3.31. The van der Waals surface area contributed by atoms with E-state index in [1.165, 1.54) is 14.2 Å². The number of nitrogens with zero attached hydrogens (tertiary/aromatic N) is 2. The van der Waals surface area contributed by atoms with E-state index < -0.39 is 6.61 Å².